The van der Waals surface area contributed by atoms with Crippen molar-refractivity contribution in [2.24, 2.45) is 0 Å². The highest BCUT2D eigenvalue weighted by Gasteiger charge is 2.20. The molecule has 0 bridgehead atoms. The van der Waals surface area contributed by atoms with Gasteiger partial charge in [0.05, 0.1) is 0 Å². The van der Waals surface area contributed by atoms with Gasteiger partial charge in [-0.15, -0.1) is 0 Å². The highest BCUT2D eigenvalue weighted by atomic mass is 16.1. The van der Waals surface area contributed by atoms with Crippen LogP contribution in [0.2, 0.25) is 0 Å². The zero-order valence-corrected chi connectivity index (χ0v) is 10.8. The molecule has 2 fully saturated rings. The maximum absolute atomic E-state index is 11.8. The molecule has 0 heterocycles. The summed E-state index contributed by atoms with van der Waals surface area (Å²) in [6.45, 7) is 0.850. The van der Waals surface area contributed by atoms with Gasteiger partial charge in [-0.25, -0.2) is 0 Å². The third-order valence-electron chi connectivity index (χ3n) is 3.83. The van der Waals surface area contributed by atoms with E-state index >= 15 is 0 Å². The molecule has 1 amide bonds. The van der Waals surface area contributed by atoms with Crippen molar-refractivity contribution < 1.29 is 4.79 Å². The van der Waals surface area contributed by atoms with Gasteiger partial charge in [-0.2, -0.15) is 0 Å². The summed E-state index contributed by atoms with van der Waals surface area (Å²) < 4.78 is 0. The van der Waals surface area contributed by atoms with Crippen molar-refractivity contribution in [2.75, 3.05) is 6.54 Å². The monoisotopic (exact) mass is 238 g/mol. The molecule has 2 aliphatic carbocycles. The summed E-state index contributed by atoms with van der Waals surface area (Å²) in [7, 11) is 0. The van der Waals surface area contributed by atoms with E-state index in [1.54, 1.807) is 0 Å². The number of carbonyl (C=O) groups excluding carboxylic acids is 1. The lowest BCUT2D eigenvalue weighted by atomic mass is 9.96. The summed E-state index contributed by atoms with van der Waals surface area (Å²) in [5.74, 6) is 0.240. The minimum atomic E-state index is 0.240. The van der Waals surface area contributed by atoms with E-state index < -0.39 is 0 Å². The first-order valence-electron chi connectivity index (χ1n) is 7.37. The lowest BCUT2D eigenvalue weighted by molar-refractivity contribution is -0.121. The number of rotatable bonds is 5. The fourth-order valence-electron chi connectivity index (χ4n) is 2.58. The van der Waals surface area contributed by atoms with Crippen molar-refractivity contribution in [3.8, 4) is 0 Å². The molecule has 2 N–H and O–H groups in total. The van der Waals surface area contributed by atoms with Crippen molar-refractivity contribution in [1.82, 2.24) is 10.6 Å². The quantitative estimate of drug-likeness (QED) is 0.772. The standard InChI is InChI=1S/C14H26N2O/c17-14(10-11-15-12-8-9-12)16-13-6-4-2-1-3-5-7-13/h12-13,15H,1-11H2,(H,16,17). The summed E-state index contributed by atoms with van der Waals surface area (Å²) in [5.41, 5.74) is 0. The number of carbonyl (C=O) groups is 1. The van der Waals surface area contributed by atoms with Crippen molar-refractivity contribution in [2.45, 2.75) is 76.3 Å². The third kappa shape index (κ3) is 5.53. The van der Waals surface area contributed by atoms with Crippen molar-refractivity contribution >= 4 is 5.91 Å². The van der Waals surface area contributed by atoms with Gasteiger partial charge in [0.15, 0.2) is 0 Å². The Morgan fingerprint density at radius 3 is 2.18 bits per heavy atom. The second kappa shape index (κ2) is 7.00. The number of hydrogen-bond donors (Lipinski definition) is 2. The van der Waals surface area contributed by atoms with Gasteiger partial charge in [0, 0.05) is 25.0 Å². The van der Waals surface area contributed by atoms with E-state index in [-0.39, 0.29) is 5.91 Å². The highest BCUT2D eigenvalue weighted by molar-refractivity contribution is 5.76. The predicted octanol–water partition coefficient (Wildman–Crippen LogP) is 2.36. The van der Waals surface area contributed by atoms with Crippen LogP contribution in [0.5, 0.6) is 0 Å². The van der Waals surface area contributed by atoms with Crippen LogP contribution in [0.15, 0.2) is 0 Å². The SMILES string of the molecule is O=C(CCNC1CC1)NC1CCCCCCC1. The Kier molecular flexibility index (Phi) is 5.30. The third-order valence-corrected chi connectivity index (χ3v) is 3.83. The molecule has 98 valence electrons. The van der Waals surface area contributed by atoms with E-state index in [4.69, 9.17) is 0 Å². The molecule has 2 saturated carbocycles. The van der Waals surface area contributed by atoms with Crippen LogP contribution in [0.3, 0.4) is 0 Å². The molecule has 2 rings (SSSR count). The Balaban J connectivity index is 1.57. The summed E-state index contributed by atoms with van der Waals surface area (Å²) in [6, 6.07) is 1.16. The second-order valence-electron chi connectivity index (χ2n) is 5.59. The van der Waals surface area contributed by atoms with Crippen LogP contribution in [-0.2, 0) is 4.79 Å². The van der Waals surface area contributed by atoms with Gasteiger partial charge >= 0.3 is 0 Å². The van der Waals surface area contributed by atoms with Gasteiger partial charge in [-0.1, -0.05) is 32.1 Å². The largest absolute Gasteiger partial charge is 0.353 e. The van der Waals surface area contributed by atoms with E-state index in [9.17, 15) is 4.79 Å². The smallest absolute Gasteiger partial charge is 0.221 e. The van der Waals surface area contributed by atoms with Gasteiger partial charge in [-0.05, 0) is 25.7 Å². The molecule has 0 spiro atoms. The molecule has 0 unspecified atom stereocenters. The Labute approximate surface area is 105 Å². The summed E-state index contributed by atoms with van der Waals surface area (Å²) in [4.78, 5) is 11.8. The lowest BCUT2D eigenvalue weighted by Crippen LogP contribution is -2.36. The van der Waals surface area contributed by atoms with E-state index in [2.05, 4.69) is 10.6 Å². The van der Waals surface area contributed by atoms with E-state index in [0.29, 0.717) is 18.5 Å². The molecular weight excluding hydrogens is 212 g/mol. The second-order valence-corrected chi connectivity index (χ2v) is 5.59. The molecule has 17 heavy (non-hydrogen) atoms. The fraction of sp³-hybridized carbons (Fsp3) is 0.929. The van der Waals surface area contributed by atoms with Gasteiger partial charge in [0.2, 0.25) is 5.91 Å². The molecule has 0 aromatic carbocycles. The molecule has 0 aromatic rings. The summed E-state index contributed by atoms with van der Waals surface area (Å²) >= 11 is 0. The van der Waals surface area contributed by atoms with E-state index in [0.717, 1.165) is 6.54 Å². The predicted molar refractivity (Wildman–Crippen MR) is 69.9 cm³/mol. The topological polar surface area (TPSA) is 41.1 Å². The Morgan fingerprint density at radius 1 is 0.882 bits per heavy atom. The lowest BCUT2D eigenvalue weighted by Gasteiger charge is -2.21. The van der Waals surface area contributed by atoms with Crippen LogP contribution in [0.1, 0.15) is 64.2 Å². The Bertz CT molecular complexity index is 230. The fourth-order valence-corrected chi connectivity index (χ4v) is 2.58. The molecule has 0 saturated heterocycles. The molecule has 3 nitrogen and oxygen atoms in total. The normalized spacial score (nSPS) is 22.8. The van der Waals surface area contributed by atoms with Crippen LogP contribution in [0.4, 0.5) is 0 Å². The van der Waals surface area contributed by atoms with Gasteiger partial charge in [0.25, 0.3) is 0 Å². The number of hydrogen-bond acceptors (Lipinski definition) is 2. The molecular formula is C14H26N2O. The van der Waals surface area contributed by atoms with E-state index in [1.165, 1.54) is 57.8 Å². The minimum absolute atomic E-state index is 0.240. The summed E-state index contributed by atoms with van der Waals surface area (Å²) in [5, 5.41) is 6.59. The average Bonchev–Trinajstić information content (AvgIpc) is 3.06. The van der Waals surface area contributed by atoms with Crippen LogP contribution >= 0.6 is 0 Å². The van der Waals surface area contributed by atoms with Crippen LogP contribution in [0, 0.1) is 0 Å². The molecule has 0 atom stereocenters. The summed E-state index contributed by atoms with van der Waals surface area (Å²) in [6.07, 6.45) is 12.2. The Hall–Kier alpha value is -0.570. The minimum Gasteiger partial charge on any atom is -0.353 e. The molecule has 0 radical (unpaired) electrons. The van der Waals surface area contributed by atoms with Crippen LogP contribution < -0.4 is 10.6 Å². The average molecular weight is 238 g/mol. The van der Waals surface area contributed by atoms with Crippen molar-refractivity contribution in [1.29, 1.82) is 0 Å². The maximum atomic E-state index is 11.8. The van der Waals surface area contributed by atoms with Crippen LogP contribution in [-0.4, -0.2) is 24.5 Å². The Morgan fingerprint density at radius 2 is 1.53 bits per heavy atom. The maximum Gasteiger partial charge on any atom is 0.221 e. The van der Waals surface area contributed by atoms with E-state index in [1.807, 2.05) is 0 Å². The highest BCUT2D eigenvalue weighted by Crippen LogP contribution is 2.18. The van der Waals surface area contributed by atoms with Crippen molar-refractivity contribution in [3.63, 3.8) is 0 Å². The number of nitrogens with one attached hydrogen (secondary N) is 2. The first-order chi connectivity index (χ1) is 8.34. The zero-order valence-electron chi connectivity index (χ0n) is 10.8. The molecule has 2 aliphatic rings. The first kappa shape index (κ1) is 12.9. The molecule has 0 aromatic heterocycles. The molecule has 3 heteroatoms. The first-order valence-corrected chi connectivity index (χ1v) is 7.37. The van der Waals surface area contributed by atoms with Gasteiger partial charge < -0.3 is 10.6 Å². The van der Waals surface area contributed by atoms with Crippen molar-refractivity contribution in [3.05, 3.63) is 0 Å². The molecule has 0 aliphatic heterocycles. The zero-order chi connectivity index (χ0) is 11.9. The van der Waals surface area contributed by atoms with Gasteiger partial charge in [-0.3, -0.25) is 4.79 Å². The van der Waals surface area contributed by atoms with Crippen LogP contribution in [0.25, 0.3) is 0 Å². The van der Waals surface area contributed by atoms with Gasteiger partial charge in [0.1, 0.15) is 0 Å². The number of amides is 1.